The lowest BCUT2D eigenvalue weighted by molar-refractivity contribution is -0.122. The topological polar surface area (TPSA) is 67.2 Å². The molecule has 1 unspecified atom stereocenters. The molecule has 0 aromatic heterocycles. The Hall–Kier alpha value is -0.610. The highest BCUT2D eigenvalue weighted by Gasteiger charge is 2.31. The van der Waals surface area contributed by atoms with E-state index in [1.165, 1.54) is 12.8 Å². The number of hydrogen-bond acceptors (Lipinski definition) is 3. The molecule has 0 aromatic carbocycles. The van der Waals surface area contributed by atoms with Crippen LogP contribution in [0.25, 0.3) is 0 Å². The average Bonchev–Trinajstić information content (AvgIpc) is 2.14. The summed E-state index contributed by atoms with van der Waals surface area (Å²) in [7, 11) is 0. The standard InChI is InChI=1S/C11H23N3O/c1-8(12)10(15)14-7-9-11(2,3)5-4-6-13-9/h8-9,13H,4-7,12H2,1-3H3,(H,14,15)/t8-,9?/m1/s1. The minimum atomic E-state index is -0.420. The van der Waals surface area contributed by atoms with Crippen LogP contribution in [0.4, 0.5) is 0 Å². The van der Waals surface area contributed by atoms with E-state index in [-0.39, 0.29) is 11.3 Å². The van der Waals surface area contributed by atoms with Crippen LogP contribution in [0.5, 0.6) is 0 Å². The molecule has 4 heteroatoms. The van der Waals surface area contributed by atoms with Gasteiger partial charge in [-0.25, -0.2) is 0 Å². The molecule has 88 valence electrons. The molecule has 0 saturated carbocycles. The van der Waals surface area contributed by atoms with Crippen LogP contribution in [0.15, 0.2) is 0 Å². The number of carbonyl (C=O) groups excluding carboxylic acids is 1. The summed E-state index contributed by atoms with van der Waals surface area (Å²) >= 11 is 0. The Balaban J connectivity index is 2.40. The van der Waals surface area contributed by atoms with Crippen molar-refractivity contribution in [2.45, 2.75) is 45.7 Å². The lowest BCUT2D eigenvalue weighted by Gasteiger charge is -2.39. The summed E-state index contributed by atoms with van der Waals surface area (Å²) in [6, 6.07) is -0.0642. The van der Waals surface area contributed by atoms with E-state index in [9.17, 15) is 4.79 Å². The number of rotatable bonds is 3. The van der Waals surface area contributed by atoms with E-state index in [0.717, 1.165) is 6.54 Å². The van der Waals surface area contributed by atoms with Gasteiger partial charge in [-0.05, 0) is 31.7 Å². The molecule has 0 radical (unpaired) electrons. The van der Waals surface area contributed by atoms with Gasteiger partial charge in [0.05, 0.1) is 6.04 Å². The summed E-state index contributed by atoms with van der Waals surface area (Å²) in [6.45, 7) is 7.90. The van der Waals surface area contributed by atoms with Crippen molar-refractivity contribution < 1.29 is 4.79 Å². The Morgan fingerprint density at radius 2 is 2.33 bits per heavy atom. The quantitative estimate of drug-likeness (QED) is 0.628. The van der Waals surface area contributed by atoms with Gasteiger partial charge in [-0.3, -0.25) is 4.79 Å². The zero-order valence-corrected chi connectivity index (χ0v) is 9.97. The minimum Gasteiger partial charge on any atom is -0.353 e. The van der Waals surface area contributed by atoms with Crippen molar-refractivity contribution in [3.8, 4) is 0 Å². The van der Waals surface area contributed by atoms with Gasteiger partial charge in [0.1, 0.15) is 0 Å². The van der Waals surface area contributed by atoms with Gasteiger partial charge in [0.25, 0.3) is 0 Å². The summed E-state index contributed by atoms with van der Waals surface area (Å²) < 4.78 is 0. The van der Waals surface area contributed by atoms with E-state index in [2.05, 4.69) is 24.5 Å². The van der Waals surface area contributed by atoms with Gasteiger partial charge in [0, 0.05) is 12.6 Å². The van der Waals surface area contributed by atoms with Crippen LogP contribution in [0.2, 0.25) is 0 Å². The van der Waals surface area contributed by atoms with E-state index >= 15 is 0 Å². The second kappa shape index (κ2) is 4.94. The number of hydrogen-bond donors (Lipinski definition) is 3. The highest BCUT2D eigenvalue weighted by molar-refractivity contribution is 5.80. The fourth-order valence-electron chi connectivity index (χ4n) is 1.98. The zero-order chi connectivity index (χ0) is 11.5. The largest absolute Gasteiger partial charge is 0.353 e. The molecular weight excluding hydrogens is 190 g/mol. The predicted octanol–water partition coefficient (Wildman–Crippen LogP) is 0.228. The van der Waals surface area contributed by atoms with Crippen molar-refractivity contribution in [2.24, 2.45) is 11.1 Å². The molecule has 1 saturated heterocycles. The van der Waals surface area contributed by atoms with Gasteiger partial charge in [-0.15, -0.1) is 0 Å². The van der Waals surface area contributed by atoms with E-state index in [0.29, 0.717) is 12.6 Å². The number of amides is 1. The number of nitrogens with two attached hydrogens (primary N) is 1. The first-order valence-corrected chi connectivity index (χ1v) is 5.70. The number of piperidine rings is 1. The zero-order valence-electron chi connectivity index (χ0n) is 9.97. The van der Waals surface area contributed by atoms with Crippen LogP contribution in [-0.2, 0) is 4.79 Å². The lowest BCUT2D eigenvalue weighted by atomic mass is 9.77. The maximum Gasteiger partial charge on any atom is 0.236 e. The summed E-state index contributed by atoms with van der Waals surface area (Å²) in [5, 5.41) is 6.33. The molecule has 0 spiro atoms. The number of nitrogens with one attached hydrogen (secondary N) is 2. The molecule has 2 atom stereocenters. The first kappa shape index (κ1) is 12.5. The molecule has 1 amide bonds. The third kappa shape index (κ3) is 3.47. The summed E-state index contributed by atoms with van der Waals surface area (Å²) in [6.07, 6.45) is 2.42. The summed E-state index contributed by atoms with van der Waals surface area (Å²) in [5.74, 6) is -0.0711. The monoisotopic (exact) mass is 213 g/mol. The number of carbonyl (C=O) groups is 1. The van der Waals surface area contributed by atoms with Crippen molar-refractivity contribution in [3.63, 3.8) is 0 Å². The first-order valence-electron chi connectivity index (χ1n) is 5.70. The molecule has 1 aliphatic heterocycles. The van der Waals surface area contributed by atoms with Crippen molar-refractivity contribution in [2.75, 3.05) is 13.1 Å². The van der Waals surface area contributed by atoms with Gasteiger partial charge < -0.3 is 16.4 Å². The third-order valence-electron chi connectivity index (χ3n) is 3.23. The third-order valence-corrected chi connectivity index (χ3v) is 3.23. The highest BCUT2D eigenvalue weighted by Crippen LogP contribution is 2.29. The fraction of sp³-hybridized carbons (Fsp3) is 0.909. The average molecular weight is 213 g/mol. The molecule has 1 heterocycles. The van der Waals surface area contributed by atoms with Crippen molar-refractivity contribution in [1.82, 2.24) is 10.6 Å². The smallest absolute Gasteiger partial charge is 0.236 e. The van der Waals surface area contributed by atoms with Gasteiger partial charge in [0.2, 0.25) is 5.91 Å². The summed E-state index contributed by atoms with van der Waals surface area (Å²) in [4.78, 5) is 11.3. The Morgan fingerprint density at radius 1 is 1.67 bits per heavy atom. The molecule has 1 fully saturated rings. The van der Waals surface area contributed by atoms with E-state index < -0.39 is 6.04 Å². The van der Waals surface area contributed by atoms with Crippen LogP contribution in [0, 0.1) is 5.41 Å². The van der Waals surface area contributed by atoms with Crippen molar-refractivity contribution in [1.29, 1.82) is 0 Å². The van der Waals surface area contributed by atoms with Gasteiger partial charge >= 0.3 is 0 Å². The molecule has 1 rings (SSSR count). The van der Waals surface area contributed by atoms with Crippen LogP contribution in [0.1, 0.15) is 33.6 Å². The first-order chi connectivity index (χ1) is 6.93. The Bertz CT molecular complexity index is 226. The molecule has 15 heavy (non-hydrogen) atoms. The maximum absolute atomic E-state index is 11.3. The van der Waals surface area contributed by atoms with Gasteiger partial charge in [0.15, 0.2) is 0 Å². The Morgan fingerprint density at radius 3 is 2.87 bits per heavy atom. The van der Waals surface area contributed by atoms with Crippen LogP contribution in [0.3, 0.4) is 0 Å². The molecule has 0 bridgehead atoms. The van der Waals surface area contributed by atoms with Crippen molar-refractivity contribution in [3.05, 3.63) is 0 Å². The van der Waals surface area contributed by atoms with Crippen molar-refractivity contribution >= 4 is 5.91 Å². The molecular formula is C11H23N3O. The lowest BCUT2D eigenvalue weighted by Crippen LogP contribution is -2.54. The minimum absolute atomic E-state index is 0.0711. The predicted molar refractivity (Wildman–Crippen MR) is 61.5 cm³/mol. The Kier molecular flexibility index (Phi) is 4.11. The van der Waals surface area contributed by atoms with E-state index in [1.54, 1.807) is 6.92 Å². The maximum atomic E-state index is 11.3. The van der Waals surface area contributed by atoms with Gasteiger partial charge in [-0.2, -0.15) is 0 Å². The van der Waals surface area contributed by atoms with Gasteiger partial charge in [-0.1, -0.05) is 13.8 Å². The molecule has 4 N–H and O–H groups in total. The highest BCUT2D eigenvalue weighted by atomic mass is 16.2. The van der Waals surface area contributed by atoms with Crippen LogP contribution < -0.4 is 16.4 Å². The summed E-state index contributed by atoms with van der Waals surface area (Å²) in [5.41, 5.74) is 5.74. The molecule has 1 aliphatic rings. The fourth-order valence-corrected chi connectivity index (χ4v) is 1.98. The van der Waals surface area contributed by atoms with Crippen LogP contribution >= 0.6 is 0 Å². The Labute approximate surface area is 92.0 Å². The normalized spacial score (nSPS) is 27.1. The van der Waals surface area contributed by atoms with E-state index in [1.807, 2.05) is 0 Å². The SMILES string of the molecule is C[C@@H](N)C(=O)NCC1NCCCC1(C)C. The second-order valence-electron chi connectivity index (χ2n) is 5.13. The van der Waals surface area contributed by atoms with E-state index in [4.69, 9.17) is 5.73 Å². The molecule has 0 aliphatic carbocycles. The second-order valence-corrected chi connectivity index (χ2v) is 5.13. The molecule has 0 aromatic rings. The molecule has 4 nitrogen and oxygen atoms in total. The van der Waals surface area contributed by atoms with Crippen LogP contribution in [-0.4, -0.2) is 31.1 Å².